The van der Waals surface area contributed by atoms with Gasteiger partial charge in [0.05, 0.1) is 18.4 Å². The number of carboxylic acid groups (broad SMARTS) is 1. The van der Waals surface area contributed by atoms with E-state index in [1.807, 2.05) is 54.6 Å². The monoisotopic (exact) mass is 381 g/mol. The van der Waals surface area contributed by atoms with Crippen molar-refractivity contribution in [1.82, 2.24) is 4.90 Å². The average Bonchev–Trinajstić information content (AvgIpc) is 2.73. The fourth-order valence-electron chi connectivity index (χ4n) is 3.77. The van der Waals surface area contributed by atoms with Gasteiger partial charge < -0.3 is 14.7 Å². The summed E-state index contributed by atoms with van der Waals surface area (Å²) in [5, 5.41) is 9.89. The van der Waals surface area contributed by atoms with Gasteiger partial charge in [0.25, 0.3) is 0 Å². The highest BCUT2D eigenvalue weighted by molar-refractivity contribution is 5.83. The van der Waals surface area contributed by atoms with Crippen LogP contribution in [0.1, 0.15) is 37.3 Å². The molecule has 0 bridgehead atoms. The topological polar surface area (TPSA) is 66.8 Å². The molecule has 2 aromatic rings. The molecule has 0 spiro atoms. The lowest BCUT2D eigenvalue weighted by Gasteiger charge is -2.39. The number of hydrogen-bond donors (Lipinski definition) is 1. The van der Waals surface area contributed by atoms with E-state index in [1.165, 1.54) is 0 Å². The predicted octanol–water partition coefficient (Wildman–Crippen LogP) is 3.66. The third-order valence-electron chi connectivity index (χ3n) is 5.43. The van der Waals surface area contributed by atoms with Crippen molar-refractivity contribution < 1.29 is 19.4 Å². The van der Waals surface area contributed by atoms with Crippen LogP contribution >= 0.6 is 0 Å². The van der Waals surface area contributed by atoms with Gasteiger partial charge in [-0.05, 0) is 42.5 Å². The minimum Gasteiger partial charge on any atom is -0.494 e. The van der Waals surface area contributed by atoms with Crippen LogP contribution in [0.2, 0.25) is 0 Å². The van der Waals surface area contributed by atoms with Gasteiger partial charge in [0.15, 0.2) is 0 Å². The standard InChI is InChI=1S/C23H27NO4/c1-2-15-28-20-10-6-7-18(16-20)17-21(25)24-13-11-23(12-14-24,22(26)27)19-8-4-3-5-9-19/h3-10,16H,2,11-15,17H2,1H3,(H,26,27). The van der Waals surface area contributed by atoms with Crippen LogP contribution in [0.4, 0.5) is 0 Å². The van der Waals surface area contributed by atoms with E-state index in [4.69, 9.17) is 4.74 Å². The van der Waals surface area contributed by atoms with Crippen LogP contribution in [0.15, 0.2) is 54.6 Å². The Morgan fingerprint density at radius 2 is 1.79 bits per heavy atom. The highest BCUT2D eigenvalue weighted by atomic mass is 16.5. The minimum atomic E-state index is -0.911. The van der Waals surface area contributed by atoms with Crippen molar-refractivity contribution in [2.75, 3.05) is 19.7 Å². The van der Waals surface area contributed by atoms with Crippen LogP contribution in [0, 0.1) is 0 Å². The lowest BCUT2D eigenvalue weighted by molar-refractivity contribution is -0.148. The summed E-state index contributed by atoms with van der Waals surface area (Å²) >= 11 is 0. The fourth-order valence-corrected chi connectivity index (χ4v) is 3.77. The molecular weight excluding hydrogens is 354 g/mol. The first-order valence-electron chi connectivity index (χ1n) is 9.83. The summed E-state index contributed by atoms with van der Waals surface area (Å²) in [7, 11) is 0. The normalized spacial score (nSPS) is 15.8. The number of nitrogens with zero attached hydrogens (tertiary/aromatic N) is 1. The smallest absolute Gasteiger partial charge is 0.314 e. The molecule has 1 saturated heterocycles. The van der Waals surface area contributed by atoms with Crippen LogP contribution in [-0.2, 0) is 21.4 Å². The molecule has 1 heterocycles. The largest absolute Gasteiger partial charge is 0.494 e. The molecule has 148 valence electrons. The van der Waals surface area contributed by atoms with Crippen molar-refractivity contribution in [1.29, 1.82) is 0 Å². The van der Waals surface area contributed by atoms with E-state index in [0.29, 0.717) is 39.0 Å². The van der Waals surface area contributed by atoms with Gasteiger partial charge in [-0.2, -0.15) is 0 Å². The highest BCUT2D eigenvalue weighted by Gasteiger charge is 2.43. The van der Waals surface area contributed by atoms with Gasteiger partial charge in [0, 0.05) is 13.1 Å². The van der Waals surface area contributed by atoms with Gasteiger partial charge >= 0.3 is 5.97 Å². The summed E-state index contributed by atoms with van der Waals surface area (Å²) in [4.78, 5) is 26.6. The maximum atomic E-state index is 12.7. The molecule has 0 aromatic heterocycles. The van der Waals surface area contributed by atoms with E-state index >= 15 is 0 Å². The van der Waals surface area contributed by atoms with E-state index in [-0.39, 0.29) is 5.91 Å². The molecule has 0 radical (unpaired) electrons. The number of hydrogen-bond acceptors (Lipinski definition) is 3. The number of carbonyl (C=O) groups is 2. The average molecular weight is 381 g/mol. The Hall–Kier alpha value is -2.82. The molecular formula is C23H27NO4. The second-order valence-corrected chi connectivity index (χ2v) is 7.31. The fraction of sp³-hybridized carbons (Fsp3) is 0.391. The summed E-state index contributed by atoms with van der Waals surface area (Å²) in [6, 6.07) is 17.0. The first-order valence-corrected chi connectivity index (χ1v) is 9.83. The number of piperidine rings is 1. The number of aliphatic carboxylic acids is 1. The van der Waals surface area contributed by atoms with Crippen molar-refractivity contribution in [3.8, 4) is 5.75 Å². The lowest BCUT2D eigenvalue weighted by Crippen LogP contribution is -2.49. The molecule has 0 unspecified atom stereocenters. The second kappa shape index (κ2) is 8.91. The van der Waals surface area contributed by atoms with Crippen LogP contribution in [-0.4, -0.2) is 41.6 Å². The number of ether oxygens (including phenoxy) is 1. The van der Waals surface area contributed by atoms with E-state index in [0.717, 1.165) is 23.3 Å². The molecule has 1 aliphatic rings. The Morgan fingerprint density at radius 3 is 2.43 bits per heavy atom. The summed E-state index contributed by atoms with van der Waals surface area (Å²) in [5.74, 6) is -0.00830. The molecule has 5 heteroatoms. The number of carboxylic acids is 1. The maximum absolute atomic E-state index is 12.7. The summed E-state index contributed by atoms with van der Waals surface area (Å²) in [6.45, 7) is 3.61. The highest BCUT2D eigenvalue weighted by Crippen LogP contribution is 2.36. The predicted molar refractivity (Wildman–Crippen MR) is 108 cm³/mol. The number of carbonyl (C=O) groups excluding carboxylic acids is 1. The van der Waals surface area contributed by atoms with E-state index in [2.05, 4.69) is 6.92 Å². The number of benzene rings is 2. The van der Waals surface area contributed by atoms with Crippen LogP contribution < -0.4 is 4.74 Å². The molecule has 1 N–H and O–H groups in total. The zero-order valence-electron chi connectivity index (χ0n) is 16.3. The molecule has 1 aliphatic heterocycles. The van der Waals surface area contributed by atoms with Crippen molar-refractivity contribution >= 4 is 11.9 Å². The van der Waals surface area contributed by atoms with Gasteiger partial charge in [0.2, 0.25) is 5.91 Å². The molecule has 0 saturated carbocycles. The first kappa shape index (κ1) is 19.9. The SMILES string of the molecule is CCCOc1cccc(CC(=O)N2CCC(C(=O)O)(c3ccccc3)CC2)c1. The van der Waals surface area contributed by atoms with Crippen molar-refractivity contribution in [3.05, 3.63) is 65.7 Å². The molecule has 0 atom stereocenters. The first-order chi connectivity index (χ1) is 13.5. The molecule has 1 fully saturated rings. The van der Waals surface area contributed by atoms with Gasteiger partial charge in [0.1, 0.15) is 5.75 Å². The Kier molecular flexibility index (Phi) is 6.34. The Bertz CT molecular complexity index is 810. The Labute approximate surface area is 165 Å². The molecule has 1 amide bonds. The third kappa shape index (κ3) is 4.35. The molecule has 2 aromatic carbocycles. The Morgan fingerprint density at radius 1 is 1.07 bits per heavy atom. The zero-order chi connectivity index (χ0) is 20.0. The molecule has 3 rings (SSSR count). The number of likely N-dealkylation sites (tertiary alicyclic amines) is 1. The van der Waals surface area contributed by atoms with E-state index < -0.39 is 11.4 Å². The maximum Gasteiger partial charge on any atom is 0.314 e. The summed E-state index contributed by atoms with van der Waals surface area (Å²) < 4.78 is 5.64. The zero-order valence-corrected chi connectivity index (χ0v) is 16.3. The second-order valence-electron chi connectivity index (χ2n) is 7.31. The van der Waals surface area contributed by atoms with Gasteiger partial charge in [-0.1, -0.05) is 49.4 Å². The summed E-state index contributed by atoms with van der Waals surface area (Å²) in [5.41, 5.74) is 0.818. The summed E-state index contributed by atoms with van der Waals surface area (Å²) in [6.07, 6.45) is 2.09. The van der Waals surface area contributed by atoms with Gasteiger partial charge in [-0.15, -0.1) is 0 Å². The third-order valence-corrected chi connectivity index (χ3v) is 5.43. The van der Waals surface area contributed by atoms with Crippen LogP contribution in [0.25, 0.3) is 0 Å². The minimum absolute atomic E-state index is 0.0275. The lowest BCUT2D eigenvalue weighted by atomic mass is 9.73. The van der Waals surface area contributed by atoms with Gasteiger partial charge in [-0.3, -0.25) is 9.59 Å². The Balaban J connectivity index is 1.64. The quantitative estimate of drug-likeness (QED) is 0.795. The van der Waals surface area contributed by atoms with Crippen molar-refractivity contribution in [3.63, 3.8) is 0 Å². The molecule has 28 heavy (non-hydrogen) atoms. The van der Waals surface area contributed by atoms with E-state index in [1.54, 1.807) is 4.90 Å². The number of rotatable bonds is 7. The number of amides is 1. The van der Waals surface area contributed by atoms with Crippen LogP contribution in [0.5, 0.6) is 5.75 Å². The van der Waals surface area contributed by atoms with Crippen molar-refractivity contribution in [2.45, 2.75) is 38.0 Å². The van der Waals surface area contributed by atoms with Crippen molar-refractivity contribution in [2.24, 2.45) is 0 Å². The van der Waals surface area contributed by atoms with E-state index in [9.17, 15) is 14.7 Å². The van der Waals surface area contributed by atoms with Gasteiger partial charge in [-0.25, -0.2) is 0 Å². The molecule has 0 aliphatic carbocycles. The van der Waals surface area contributed by atoms with Crippen LogP contribution in [0.3, 0.4) is 0 Å². The molecule has 5 nitrogen and oxygen atoms in total.